The highest BCUT2D eigenvalue weighted by Crippen LogP contribution is 2.22. The van der Waals surface area contributed by atoms with E-state index in [1.54, 1.807) is 0 Å². The second-order valence-corrected chi connectivity index (χ2v) is 4.11. The zero-order chi connectivity index (χ0) is 14.2. The molecule has 0 fully saturated rings. The Hall–Kier alpha value is -1.88. The molecule has 0 saturated carbocycles. The number of hydrogen-bond acceptors (Lipinski definition) is 1. The molecule has 0 N–H and O–H groups in total. The van der Waals surface area contributed by atoms with Crippen LogP contribution in [0.15, 0.2) is 30.3 Å². The Labute approximate surface area is 110 Å². The Bertz CT molecular complexity index is 670. The third-order valence-electron chi connectivity index (χ3n) is 2.43. The predicted octanol–water partition coefficient (Wildman–Crippen LogP) is 4.13. The van der Waals surface area contributed by atoms with E-state index in [0.29, 0.717) is 18.2 Å². The van der Waals surface area contributed by atoms with Gasteiger partial charge in [0.15, 0.2) is 5.78 Å². The van der Waals surface area contributed by atoms with Crippen molar-refractivity contribution < 1.29 is 22.4 Å². The van der Waals surface area contributed by atoms with Gasteiger partial charge in [0, 0.05) is 0 Å². The van der Waals surface area contributed by atoms with Crippen LogP contribution in [0, 0.1) is 23.3 Å². The smallest absolute Gasteiger partial charge is 0.199 e. The Kier molecular flexibility index (Phi) is 3.57. The molecule has 1 nitrogen and oxygen atoms in total. The van der Waals surface area contributed by atoms with E-state index < -0.39 is 45.2 Å². The molecule has 19 heavy (non-hydrogen) atoms. The van der Waals surface area contributed by atoms with Gasteiger partial charge in [-0.1, -0.05) is 11.6 Å². The minimum absolute atomic E-state index is 0.506. The summed E-state index contributed by atoms with van der Waals surface area (Å²) >= 11 is 5.33. The van der Waals surface area contributed by atoms with Crippen molar-refractivity contribution in [2.75, 3.05) is 0 Å². The third kappa shape index (κ3) is 2.61. The SMILES string of the molecule is O=C(c1cc(F)ccc1F)c1cc(F)c(Cl)cc1F. The normalized spacial score (nSPS) is 10.6. The molecular formula is C13H5ClF4O. The largest absolute Gasteiger partial charge is 0.288 e. The van der Waals surface area contributed by atoms with E-state index >= 15 is 0 Å². The molecule has 0 bridgehead atoms. The lowest BCUT2D eigenvalue weighted by molar-refractivity contribution is 0.103. The third-order valence-corrected chi connectivity index (χ3v) is 2.72. The summed E-state index contributed by atoms with van der Waals surface area (Å²) in [6.07, 6.45) is 0. The number of halogens is 5. The summed E-state index contributed by atoms with van der Waals surface area (Å²) in [5.41, 5.74) is -1.40. The Morgan fingerprint density at radius 2 is 1.47 bits per heavy atom. The molecule has 0 aliphatic heterocycles. The van der Waals surface area contributed by atoms with Gasteiger partial charge in [0.25, 0.3) is 0 Å². The van der Waals surface area contributed by atoms with E-state index in [2.05, 4.69) is 0 Å². The molecule has 0 radical (unpaired) electrons. The number of carbonyl (C=O) groups excluding carboxylic acids is 1. The quantitative estimate of drug-likeness (QED) is 0.461. The van der Waals surface area contributed by atoms with Gasteiger partial charge in [0.05, 0.1) is 16.1 Å². The van der Waals surface area contributed by atoms with Crippen LogP contribution in [0.2, 0.25) is 5.02 Å². The lowest BCUT2D eigenvalue weighted by Gasteiger charge is -2.05. The van der Waals surface area contributed by atoms with Gasteiger partial charge in [0.2, 0.25) is 0 Å². The predicted molar refractivity (Wildman–Crippen MR) is 61.2 cm³/mol. The molecule has 98 valence electrons. The van der Waals surface area contributed by atoms with Gasteiger partial charge in [-0.05, 0) is 30.3 Å². The zero-order valence-corrected chi connectivity index (χ0v) is 9.94. The summed E-state index contributed by atoms with van der Waals surface area (Å²) in [6, 6.07) is 3.30. The number of ketones is 1. The summed E-state index contributed by atoms with van der Waals surface area (Å²) in [6.45, 7) is 0. The molecule has 2 aromatic carbocycles. The van der Waals surface area contributed by atoms with Crippen molar-refractivity contribution in [1.29, 1.82) is 0 Å². The molecule has 0 heterocycles. The summed E-state index contributed by atoms with van der Waals surface area (Å²) in [4.78, 5) is 11.8. The molecule has 0 aliphatic carbocycles. The molecule has 2 rings (SSSR count). The lowest BCUT2D eigenvalue weighted by Crippen LogP contribution is -2.08. The van der Waals surface area contributed by atoms with Crippen LogP contribution in [0.25, 0.3) is 0 Å². The zero-order valence-electron chi connectivity index (χ0n) is 9.18. The fourth-order valence-electron chi connectivity index (χ4n) is 1.51. The topological polar surface area (TPSA) is 17.1 Å². The van der Waals surface area contributed by atoms with Gasteiger partial charge in [-0.2, -0.15) is 0 Å². The molecule has 6 heteroatoms. The molecule has 0 aromatic heterocycles. The maximum absolute atomic E-state index is 13.5. The van der Waals surface area contributed by atoms with Gasteiger partial charge in [0.1, 0.15) is 23.3 Å². The van der Waals surface area contributed by atoms with E-state index in [0.717, 1.165) is 12.1 Å². The van der Waals surface area contributed by atoms with E-state index in [1.165, 1.54) is 0 Å². The summed E-state index contributed by atoms with van der Waals surface area (Å²) in [5, 5.41) is -0.506. The van der Waals surface area contributed by atoms with Gasteiger partial charge in [-0.25, -0.2) is 17.6 Å². The van der Waals surface area contributed by atoms with Crippen LogP contribution in [0.4, 0.5) is 17.6 Å². The van der Waals surface area contributed by atoms with Crippen molar-refractivity contribution in [2.45, 2.75) is 0 Å². The van der Waals surface area contributed by atoms with E-state index in [9.17, 15) is 22.4 Å². The average Bonchev–Trinajstić information content (AvgIpc) is 2.36. The highest BCUT2D eigenvalue weighted by Gasteiger charge is 2.20. The molecule has 2 aromatic rings. The van der Waals surface area contributed by atoms with Crippen LogP contribution in [0.1, 0.15) is 15.9 Å². The molecular weight excluding hydrogens is 284 g/mol. The van der Waals surface area contributed by atoms with Crippen LogP contribution < -0.4 is 0 Å². The van der Waals surface area contributed by atoms with Crippen molar-refractivity contribution in [3.8, 4) is 0 Å². The second kappa shape index (κ2) is 5.01. The van der Waals surface area contributed by atoms with Crippen LogP contribution in [0.3, 0.4) is 0 Å². The van der Waals surface area contributed by atoms with Crippen LogP contribution in [-0.2, 0) is 0 Å². The first-order chi connectivity index (χ1) is 8.90. The number of rotatable bonds is 2. The Morgan fingerprint density at radius 3 is 2.16 bits per heavy atom. The van der Waals surface area contributed by atoms with Gasteiger partial charge >= 0.3 is 0 Å². The summed E-state index contributed by atoms with van der Waals surface area (Å²) < 4.78 is 53.1. The first-order valence-electron chi connectivity index (χ1n) is 5.04. The van der Waals surface area contributed by atoms with Crippen molar-refractivity contribution in [1.82, 2.24) is 0 Å². The highest BCUT2D eigenvalue weighted by molar-refractivity contribution is 6.30. The monoisotopic (exact) mass is 288 g/mol. The average molecular weight is 289 g/mol. The maximum Gasteiger partial charge on any atom is 0.199 e. The van der Waals surface area contributed by atoms with Crippen molar-refractivity contribution >= 4 is 17.4 Å². The maximum atomic E-state index is 13.5. The van der Waals surface area contributed by atoms with E-state index in [4.69, 9.17) is 11.6 Å². The summed E-state index contributed by atoms with van der Waals surface area (Å²) in [7, 11) is 0. The standard InChI is InChI=1S/C13H5ClF4O/c14-9-5-11(17)8(4-12(9)18)13(19)7-3-6(15)1-2-10(7)16/h1-5H. The first kappa shape index (κ1) is 13.5. The van der Waals surface area contributed by atoms with Crippen LogP contribution >= 0.6 is 11.6 Å². The summed E-state index contributed by atoms with van der Waals surface area (Å²) in [5.74, 6) is -5.19. The van der Waals surface area contributed by atoms with Crippen LogP contribution in [-0.4, -0.2) is 5.78 Å². The minimum Gasteiger partial charge on any atom is -0.288 e. The van der Waals surface area contributed by atoms with Crippen molar-refractivity contribution in [3.63, 3.8) is 0 Å². The fourth-order valence-corrected chi connectivity index (χ4v) is 1.66. The Balaban J connectivity index is 2.56. The van der Waals surface area contributed by atoms with Crippen molar-refractivity contribution in [3.05, 3.63) is 69.8 Å². The number of hydrogen-bond donors (Lipinski definition) is 0. The number of carbonyl (C=O) groups is 1. The van der Waals surface area contributed by atoms with Gasteiger partial charge in [-0.3, -0.25) is 4.79 Å². The number of benzene rings is 2. The highest BCUT2D eigenvalue weighted by atomic mass is 35.5. The molecule has 0 saturated heterocycles. The molecule has 0 aliphatic rings. The van der Waals surface area contributed by atoms with Gasteiger partial charge < -0.3 is 0 Å². The van der Waals surface area contributed by atoms with Gasteiger partial charge in [-0.15, -0.1) is 0 Å². The second-order valence-electron chi connectivity index (χ2n) is 3.70. The molecule has 0 unspecified atom stereocenters. The first-order valence-corrected chi connectivity index (χ1v) is 5.42. The Morgan fingerprint density at radius 1 is 0.842 bits per heavy atom. The minimum atomic E-state index is -1.16. The molecule has 0 spiro atoms. The van der Waals surface area contributed by atoms with E-state index in [-0.39, 0.29) is 0 Å². The molecule has 0 amide bonds. The van der Waals surface area contributed by atoms with E-state index in [1.807, 2.05) is 0 Å². The fraction of sp³-hybridized carbons (Fsp3) is 0. The van der Waals surface area contributed by atoms with Crippen molar-refractivity contribution in [2.24, 2.45) is 0 Å². The lowest BCUT2D eigenvalue weighted by atomic mass is 10.0. The molecule has 0 atom stereocenters. The van der Waals surface area contributed by atoms with Crippen LogP contribution in [0.5, 0.6) is 0 Å².